The Balaban J connectivity index is 2.39. The van der Waals surface area contributed by atoms with Crippen LogP contribution in [0.1, 0.15) is 35.4 Å². The number of nitrogens with two attached hydrogens (primary N) is 1. The van der Waals surface area contributed by atoms with Crippen LogP contribution in [0.4, 0.5) is 0 Å². The lowest BCUT2D eigenvalue weighted by Gasteiger charge is -2.18. The third kappa shape index (κ3) is 3.31. The Kier molecular flexibility index (Phi) is 4.42. The average Bonchev–Trinajstić information content (AvgIpc) is 2.47. The van der Waals surface area contributed by atoms with E-state index < -0.39 is 0 Å². The second kappa shape index (κ2) is 6.26. The van der Waals surface area contributed by atoms with Gasteiger partial charge < -0.3 is 15.7 Å². The molecule has 0 spiro atoms. The maximum Gasteiger partial charge on any atom is 0.225 e. The van der Waals surface area contributed by atoms with Crippen molar-refractivity contribution in [3.63, 3.8) is 0 Å². The second-order valence-electron chi connectivity index (χ2n) is 4.92. The van der Waals surface area contributed by atoms with Crippen molar-refractivity contribution in [2.75, 3.05) is 0 Å². The maximum absolute atomic E-state index is 8.94. The predicted molar refractivity (Wildman–Crippen MR) is 81.7 cm³/mol. The molecule has 1 atom stereocenters. The number of nitrogens with zero attached hydrogens (tertiary/aromatic N) is 2. The van der Waals surface area contributed by atoms with Gasteiger partial charge in [0, 0.05) is 5.69 Å². The highest BCUT2D eigenvalue weighted by molar-refractivity contribution is 6.00. The van der Waals surface area contributed by atoms with Crippen LogP contribution in [0, 0.1) is 13.8 Å². The van der Waals surface area contributed by atoms with Crippen LogP contribution in [-0.4, -0.2) is 16.0 Å². The molecule has 0 aliphatic heterocycles. The quantitative estimate of drug-likeness (QED) is 0.392. The van der Waals surface area contributed by atoms with Gasteiger partial charge in [0.15, 0.2) is 5.84 Å². The third-order valence-corrected chi connectivity index (χ3v) is 3.23. The number of pyridine rings is 1. The fraction of sp³-hybridized carbons (Fsp3) is 0.250. The minimum absolute atomic E-state index is 0.00439. The Labute approximate surface area is 124 Å². The van der Waals surface area contributed by atoms with Crippen LogP contribution in [0.15, 0.2) is 41.6 Å². The van der Waals surface area contributed by atoms with Gasteiger partial charge in [0.2, 0.25) is 5.88 Å². The van der Waals surface area contributed by atoms with Crippen LogP contribution in [0.5, 0.6) is 5.88 Å². The van der Waals surface area contributed by atoms with E-state index in [0.717, 1.165) is 16.8 Å². The SMILES string of the molecule is Cc1cc(C)c(/C(N)=N/O)c(OC(C)c2ccccc2)n1. The van der Waals surface area contributed by atoms with Gasteiger partial charge in [-0.2, -0.15) is 0 Å². The van der Waals surface area contributed by atoms with Crippen LogP contribution < -0.4 is 10.5 Å². The summed E-state index contributed by atoms with van der Waals surface area (Å²) in [5, 5.41) is 12.0. The Morgan fingerprint density at radius 1 is 1.29 bits per heavy atom. The number of hydrogen-bond donors (Lipinski definition) is 2. The van der Waals surface area contributed by atoms with Crippen molar-refractivity contribution in [2.45, 2.75) is 26.9 Å². The molecule has 0 saturated carbocycles. The summed E-state index contributed by atoms with van der Waals surface area (Å²) in [7, 11) is 0. The van der Waals surface area contributed by atoms with Crippen molar-refractivity contribution in [3.8, 4) is 5.88 Å². The third-order valence-electron chi connectivity index (χ3n) is 3.23. The summed E-state index contributed by atoms with van der Waals surface area (Å²) in [5.74, 6) is 0.370. The number of oxime groups is 1. The van der Waals surface area contributed by atoms with Crippen molar-refractivity contribution >= 4 is 5.84 Å². The number of aryl methyl sites for hydroxylation is 2. The molecule has 1 aromatic carbocycles. The van der Waals surface area contributed by atoms with Crippen LogP contribution in [-0.2, 0) is 0 Å². The molecule has 110 valence electrons. The van der Waals surface area contributed by atoms with Gasteiger partial charge in [-0.3, -0.25) is 0 Å². The van der Waals surface area contributed by atoms with Gasteiger partial charge in [-0.05, 0) is 38.0 Å². The normalized spacial score (nSPS) is 13.0. The standard InChI is InChI=1S/C16H19N3O2/c1-10-9-11(2)18-16(14(10)15(17)19-20)21-12(3)13-7-5-4-6-8-13/h4-9,12,20H,1-3H3,(H2,17,19). The molecule has 0 aliphatic rings. The van der Waals surface area contributed by atoms with E-state index in [-0.39, 0.29) is 11.9 Å². The lowest BCUT2D eigenvalue weighted by Crippen LogP contribution is -2.18. The number of hydrogen-bond acceptors (Lipinski definition) is 4. The smallest absolute Gasteiger partial charge is 0.225 e. The van der Waals surface area contributed by atoms with E-state index >= 15 is 0 Å². The summed E-state index contributed by atoms with van der Waals surface area (Å²) < 4.78 is 5.93. The molecule has 3 N–H and O–H groups in total. The summed E-state index contributed by atoms with van der Waals surface area (Å²) in [6.45, 7) is 5.69. The van der Waals surface area contributed by atoms with Gasteiger partial charge in [0.05, 0.1) is 5.56 Å². The highest BCUT2D eigenvalue weighted by Gasteiger charge is 2.17. The van der Waals surface area contributed by atoms with E-state index in [1.807, 2.05) is 57.2 Å². The first kappa shape index (κ1) is 14.8. The molecule has 0 saturated heterocycles. The molecule has 5 heteroatoms. The Hall–Kier alpha value is -2.56. The van der Waals surface area contributed by atoms with Gasteiger partial charge >= 0.3 is 0 Å². The Morgan fingerprint density at radius 2 is 1.95 bits per heavy atom. The summed E-state index contributed by atoms with van der Waals surface area (Å²) in [5.41, 5.74) is 8.96. The lowest BCUT2D eigenvalue weighted by molar-refractivity contribution is 0.216. The Bertz CT molecular complexity index is 654. The predicted octanol–water partition coefficient (Wildman–Crippen LogP) is 2.93. The number of amidine groups is 1. The maximum atomic E-state index is 8.94. The van der Waals surface area contributed by atoms with Crippen molar-refractivity contribution < 1.29 is 9.94 Å². The first-order chi connectivity index (χ1) is 10.0. The zero-order valence-corrected chi connectivity index (χ0v) is 12.4. The Morgan fingerprint density at radius 3 is 2.57 bits per heavy atom. The molecule has 1 unspecified atom stereocenters. The summed E-state index contributed by atoms with van der Waals surface area (Å²) in [6, 6.07) is 11.7. The fourth-order valence-corrected chi connectivity index (χ4v) is 2.21. The average molecular weight is 285 g/mol. The molecule has 0 fully saturated rings. The van der Waals surface area contributed by atoms with Crippen molar-refractivity contribution in [1.82, 2.24) is 4.98 Å². The topological polar surface area (TPSA) is 80.7 Å². The second-order valence-corrected chi connectivity index (χ2v) is 4.92. The van der Waals surface area contributed by atoms with Crippen LogP contribution in [0.3, 0.4) is 0 Å². The van der Waals surface area contributed by atoms with Gasteiger partial charge in [-0.25, -0.2) is 4.98 Å². The molecule has 0 amide bonds. The molecule has 2 aromatic rings. The number of ether oxygens (including phenoxy) is 1. The molecule has 21 heavy (non-hydrogen) atoms. The van der Waals surface area contributed by atoms with Crippen LogP contribution >= 0.6 is 0 Å². The van der Waals surface area contributed by atoms with Gasteiger partial charge in [-0.15, -0.1) is 0 Å². The monoisotopic (exact) mass is 285 g/mol. The minimum atomic E-state index is -0.190. The fourth-order valence-electron chi connectivity index (χ4n) is 2.21. The highest BCUT2D eigenvalue weighted by atomic mass is 16.5. The van der Waals surface area contributed by atoms with Gasteiger partial charge in [-0.1, -0.05) is 35.5 Å². The number of benzene rings is 1. The number of aromatic nitrogens is 1. The molecule has 1 aromatic heterocycles. The van der Waals surface area contributed by atoms with E-state index in [2.05, 4.69) is 10.1 Å². The number of rotatable bonds is 4. The largest absolute Gasteiger partial charge is 0.469 e. The summed E-state index contributed by atoms with van der Waals surface area (Å²) >= 11 is 0. The minimum Gasteiger partial charge on any atom is -0.469 e. The van der Waals surface area contributed by atoms with Gasteiger partial charge in [0.1, 0.15) is 6.10 Å². The van der Waals surface area contributed by atoms with Crippen molar-refractivity contribution in [2.24, 2.45) is 10.9 Å². The first-order valence-electron chi connectivity index (χ1n) is 6.70. The van der Waals surface area contributed by atoms with Gasteiger partial charge in [0.25, 0.3) is 0 Å². The molecular formula is C16H19N3O2. The van der Waals surface area contributed by atoms with E-state index in [4.69, 9.17) is 15.7 Å². The first-order valence-corrected chi connectivity index (χ1v) is 6.70. The molecule has 0 aliphatic carbocycles. The van der Waals surface area contributed by atoms with E-state index in [1.165, 1.54) is 0 Å². The zero-order valence-electron chi connectivity index (χ0n) is 12.4. The highest BCUT2D eigenvalue weighted by Crippen LogP contribution is 2.26. The molecular weight excluding hydrogens is 266 g/mol. The lowest BCUT2D eigenvalue weighted by atomic mass is 10.1. The molecule has 2 rings (SSSR count). The molecule has 0 radical (unpaired) electrons. The van der Waals surface area contributed by atoms with Crippen molar-refractivity contribution in [3.05, 3.63) is 58.8 Å². The summed E-state index contributed by atoms with van der Waals surface area (Å²) in [6.07, 6.45) is -0.190. The molecule has 0 bridgehead atoms. The summed E-state index contributed by atoms with van der Waals surface area (Å²) in [4.78, 5) is 4.37. The van der Waals surface area contributed by atoms with Crippen LogP contribution in [0.25, 0.3) is 0 Å². The van der Waals surface area contributed by atoms with E-state index in [0.29, 0.717) is 11.4 Å². The zero-order chi connectivity index (χ0) is 15.4. The molecule has 1 heterocycles. The molecule has 5 nitrogen and oxygen atoms in total. The van der Waals surface area contributed by atoms with Crippen molar-refractivity contribution in [1.29, 1.82) is 0 Å². The van der Waals surface area contributed by atoms with Crippen LogP contribution in [0.2, 0.25) is 0 Å². The van der Waals surface area contributed by atoms with E-state index in [1.54, 1.807) is 0 Å². The van der Waals surface area contributed by atoms with E-state index in [9.17, 15) is 0 Å².